The fraction of sp³-hybridized carbons (Fsp3) is 0.867. The predicted molar refractivity (Wildman–Crippen MR) is 66.0 cm³/mol. The highest BCUT2D eigenvalue weighted by molar-refractivity contribution is 5.24. The number of aliphatic hydroxyl groups excluding tert-OH is 1. The van der Waals surface area contributed by atoms with E-state index in [1.54, 1.807) is 0 Å². The van der Waals surface area contributed by atoms with Crippen LogP contribution in [0, 0.1) is 28.6 Å². The number of allylic oxidation sites excluding steroid dienone is 1. The molecule has 1 N–H and O–H groups in total. The van der Waals surface area contributed by atoms with Gasteiger partial charge >= 0.3 is 0 Å². The van der Waals surface area contributed by atoms with Gasteiger partial charge in [-0.1, -0.05) is 32.9 Å². The van der Waals surface area contributed by atoms with Crippen molar-refractivity contribution < 1.29 is 5.11 Å². The molecule has 2 bridgehead atoms. The first-order valence-corrected chi connectivity index (χ1v) is 6.75. The van der Waals surface area contributed by atoms with E-state index in [2.05, 4.69) is 27.4 Å². The van der Waals surface area contributed by atoms with Gasteiger partial charge in [-0.3, -0.25) is 0 Å². The molecule has 1 heteroatoms. The van der Waals surface area contributed by atoms with Gasteiger partial charge in [0.05, 0.1) is 6.10 Å². The van der Waals surface area contributed by atoms with Crippen molar-refractivity contribution in [3.63, 3.8) is 0 Å². The average molecular weight is 220 g/mol. The van der Waals surface area contributed by atoms with Crippen LogP contribution >= 0.6 is 0 Å². The first-order valence-electron chi connectivity index (χ1n) is 6.75. The van der Waals surface area contributed by atoms with Gasteiger partial charge in [-0.25, -0.2) is 0 Å². The number of aliphatic hydroxyl groups is 1. The van der Waals surface area contributed by atoms with Gasteiger partial charge in [-0.05, 0) is 54.3 Å². The SMILES string of the molecule is C=C1CCC23CC1C(C)(C)C2CC(O)C3C. The van der Waals surface area contributed by atoms with Crippen molar-refractivity contribution in [1.29, 1.82) is 0 Å². The maximum atomic E-state index is 10.2. The lowest BCUT2D eigenvalue weighted by Gasteiger charge is -2.38. The number of fused-ring (bicyclic) bond motifs is 1. The van der Waals surface area contributed by atoms with Crippen LogP contribution in [0.5, 0.6) is 0 Å². The lowest BCUT2D eigenvalue weighted by atomic mass is 9.67. The Morgan fingerprint density at radius 3 is 2.75 bits per heavy atom. The molecular weight excluding hydrogens is 196 g/mol. The van der Waals surface area contributed by atoms with Crippen LogP contribution in [0.1, 0.15) is 46.5 Å². The van der Waals surface area contributed by atoms with E-state index in [9.17, 15) is 5.11 Å². The maximum Gasteiger partial charge on any atom is 0.0574 e. The Labute approximate surface area is 98.9 Å². The van der Waals surface area contributed by atoms with E-state index < -0.39 is 0 Å². The molecule has 0 aliphatic heterocycles. The Balaban J connectivity index is 2.08. The Bertz CT molecular complexity index is 343. The standard InChI is InChI=1S/C15H24O/c1-9-5-6-15-8-11(9)14(3,4)13(15)7-12(16)10(15)2/h10-13,16H,1,5-8H2,2-4H3. The normalized spacial score (nSPS) is 54.1. The minimum atomic E-state index is -0.0587. The van der Waals surface area contributed by atoms with Crippen molar-refractivity contribution in [2.45, 2.75) is 52.6 Å². The van der Waals surface area contributed by atoms with E-state index in [0.29, 0.717) is 28.6 Å². The average Bonchev–Trinajstić information content (AvgIpc) is 2.57. The zero-order valence-corrected chi connectivity index (χ0v) is 10.8. The van der Waals surface area contributed by atoms with Gasteiger partial charge in [0.1, 0.15) is 0 Å². The van der Waals surface area contributed by atoms with Gasteiger partial charge in [0.15, 0.2) is 0 Å². The molecule has 0 aromatic rings. The van der Waals surface area contributed by atoms with Gasteiger partial charge in [-0.15, -0.1) is 0 Å². The van der Waals surface area contributed by atoms with Gasteiger partial charge < -0.3 is 5.11 Å². The lowest BCUT2D eigenvalue weighted by Crippen LogP contribution is -2.32. The summed E-state index contributed by atoms with van der Waals surface area (Å²) in [6, 6.07) is 0. The highest BCUT2D eigenvalue weighted by Gasteiger charge is 2.66. The summed E-state index contributed by atoms with van der Waals surface area (Å²) in [6.07, 6.45) is 4.73. The quantitative estimate of drug-likeness (QED) is 0.620. The molecule has 0 saturated heterocycles. The van der Waals surface area contributed by atoms with E-state index in [0.717, 1.165) is 6.42 Å². The van der Waals surface area contributed by atoms with Crippen LogP contribution in [-0.2, 0) is 0 Å². The Kier molecular flexibility index (Phi) is 1.98. The fourth-order valence-electron chi connectivity index (χ4n) is 5.38. The van der Waals surface area contributed by atoms with Crippen LogP contribution in [0.25, 0.3) is 0 Å². The highest BCUT2D eigenvalue weighted by Crippen LogP contribution is 2.72. The van der Waals surface area contributed by atoms with Crippen molar-refractivity contribution in [3.05, 3.63) is 12.2 Å². The van der Waals surface area contributed by atoms with E-state index in [1.165, 1.54) is 24.8 Å². The Morgan fingerprint density at radius 1 is 1.38 bits per heavy atom. The third-order valence-corrected chi connectivity index (χ3v) is 6.44. The molecule has 0 aromatic carbocycles. The zero-order chi connectivity index (χ0) is 11.7. The molecule has 0 radical (unpaired) electrons. The van der Waals surface area contributed by atoms with Crippen molar-refractivity contribution in [2.24, 2.45) is 28.6 Å². The van der Waals surface area contributed by atoms with Crippen molar-refractivity contribution in [1.82, 2.24) is 0 Å². The van der Waals surface area contributed by atoms with Crippen molar-refractivity contribution >= 4 is 0 Å². The summed E-state index contributed by atoms with van der Waals surface area (Å²) in [6.45, 7) is 11.4. The summed E-state index contributed by atoms with van der Waals surface area (Å²) in [5.74, 6) is 1.92. The molecule has 5 atom stereocenters. The molecule has 3 aliphatic carbocycles. The first kappa shape index (κ1) is 10.8. The van der Waals surface area contributed by atoms with Gasteiger partial charge in [0.25, 0.3) is 0 Å². The zero-order valence-electron chi connectivity index (χ0n) is 10.8. The molecule has 3 aliphatic rings. The molecule has 0 aromatic heterocycles. The van der Waals surface area contributed by atoms with Crippen LogP contribution in [0.3, 0.4) is 0 Å². The molecule has 0 heterocycles. The third-order valence-electron chi connectivity index (χ3n) is 6.44. The smallest absolute Gasteiger partial charge is 0.0574 e. The minimum Gasteiger partial charge on any atom is -0.393 e. The molecule has 16 heavy (non-hydrogen) atoms. The molecule has 90 valence electrons. The topological polar surface area (TPSA) is 20.2 Å². The monoisotopic (exact) mass is 220 g/mol. The van der Waals surface area contributed by atoms with Crippen LogP contribution in [-0.4, -0.2) is 11.2 Å². The third kappa shape index (κ3) is 1.01. The molecule has 3 rings (SSSR count). The predicted octanol–water partition coefficient (Wildman–Crippen LogP) is 3.39. The van der Waals surface area contributed by atoms with Crippen LogP contribution in [0.4, 0.5) is 0 Å². The number of hydrogen-bond acceptors (Lipinski definition) is 1. The molecule has 3 fully saturated rings. The van der Waals surface area contributed by atoms with E-state index in [-0.39, 0.29) is 6.10 Å². The maximum absolute atomic E-state index is 10.2. The second-order valence-corrected chi connectivity index (χ2v) is 7.11. The van der Waals surface area contributed by atoms with Crippen LogP contribution in [0.15, 0.2) is 12.2 Å². The Morgan fingerprint density at radius 2 is 2.06 bits per heavy atom. The second-order valence-electron chi connectivity index (χ2n) is 7.11. The summed E-state index contributed by atoms with van der Waals surface area (Å²) in [4.78, 5) is 0. The summed E-state index contributed by atoms with van der Waals surface area (Å²) >= 11 is 0. The van der Waals surface area contributed by atoms with Crippen molar-refractivity contribution in [2.75, 3.05) is 0 Å². The molecule has 5 unspecified atom stereocenters. The van der Waals surface area contributed by atoms with E-state index in [1.807, 2.05) is 0 Å². The van der Waals surface area contributed by atoms with Crippen LogP contribution < -0.4 is 0 Å². The second kappa shape index (κ2) is 2.93. The van der Waals surface area contributed by atoms with Gasteiger partial charge in [0.2, 0.25) is 0 Å². The van der Waals surface area contributed by atoms with Gasteiger partial charge in [0, 0.05) is 0 Å². The van der Waals surface area contributed by atoms with Gasteiger partial charge in [-0.2, -0.15) is 0 Å². The molecular formula is C15H24O. The first-order chi connectivity index (χ1) is 7.39. The lowest BCUT2D eigenvalue weighted by molar-refractivity contribution is 0.0693. The summed E-state index contributed by atoms with van der Waals surface area (Å²) in [5.41, 5.74) is 2.28. The number of hydrogen-bond donors (Lipinski definition) is 1. The molecule has 0 amide bonds. The van der Waals surface area contributed by atoms with E-state index in [4.69, 9.17) is 0 Å². The minimum absolute atomic E-state index is 0.0587. The summed E-state index contributed by atoms with van der Waals surface area (Å²) < 4.78 is 0. The molecule has 1 nitrogen and oxygen atoms in total. The molecule has 3 saturated carbocycles. The van der Waals surface area contributed by atoms with E-state index >= 15 is 0 Å². The Hall–Kier alpha value is -0.300. The fourth-order valence-corrected chi connectivity index (χ4v) is 5.38. The largest absolute Gasteiger partial charge is 0.393 e. The molecule has 1 spiro atoms. The summed E-state index contributed by atoms with van der Waals surface area (Å²) in [5, 5.41) is 10.2. The van der Waals surface area contributed by atoms with Crippen molar-refractivity contribution in [3.8, 4) is 0 Å². The highest BCUT2D eigenvalue weighted by atomic mass is 16.3. The van der Waals surface area contributed by atoms with Crippen LogP contribution in [0.2, 0.25) is 0 Å². The summed E-state index contributed by atoms with van der Waals surface area (Å²) in [7, 11) is 0. The number of rotatable bonds is 0.